The number of ether oxygens (including phenoxy) is 1. The fraction of sp³-hybridized carbons (Fsp3) is 0.250. The molecule has 0 saturated carbocycles. The standard InChI is InChI=1S/C16H17BrClNO2/c1-19-15(9-20)14-8-12(17)4-7-16(14)21-10-11-2-5-13(18)6-3-11/h2-8,15,19-20H,9-10H2,1H3. The zero-order valence-corrected chi connectivity index (χ0v) is 14.0. The molecule has 0 aliphatic heterocycles. The molecule has 2 aromatic rings. The maximum atomic E-state index is 9.46. The molecule has 0 radical (unpaired) electrons. The van der Waals surface area contributed by atoms with Gasteiger partial charge < -0.3 is 15.2 Å². The van der Waals surface area contributed by atoms with Crippen LogP contribution in [0.15, 0.2) is 46.9 Å². The summed E-state index contributed by atoms with van der Waals surface area (Å²) in [6, 6.07) is 13.2. The van der Waals surface area contributed by atoms with Crippen molar-refractivity contribution in [1.82, 2.24) is 5.32 Å². The van der Waals surface area contributed by atoms with Gasteiger partial charge in [-0.05, 0) is 42.9 Å². The van der Waals surface area contributed by atoms with Crippen molar-refractivity contribution >= 4 is 27.5 Å². The van der Waals surface area contributed by atoms with Gasteiger partial charge in [0.15, 0.2) is 0 Å². The summed E-state index contributed by atoms with van der Waals surface area (Å²) in [6.07, 6.45) is 0. The zero-order valence-electron chi connectivity index (χ0n) is 11.6. The number of rotatable bonds is 6. The molecule has 0 fully saturated rings. The Morgan fingerprint density at radius 3 is 2.57 bits per heavy atom. The highest BCUT2D eigenvalue weighted by Gasteiger charge is 2.14. The minimum absolute atomic E-state index is 0.00422. The van der Waals surface area contributed by atoms with Crippen LogP contribution in [-0.4, -0.2) is 18.8 Å². The van der Waals surface area contributed by atoms with Crippen LogP contribution in [0.1, 0.15) is 17.2 Å². The van der Waals surface area contributed by atoms with E-state index in [2.05, 4.69) is 21.2 Å². The minimum Gasteiger partial charge on any atom is -0.489 e. The van der Waals surface area contributed by atoms with Crippen LogP contribution in [0.25, 0.3) is 0 Å². The molecule has 21 heavy (non-hydrogen) atoms. The average Bonchev–Trinajstić information content (AvgIpc) is 2.49. The van der Waals surface area contributed by atoms with E-state index >= 15 is 0 Å². The second-order valence-corrected chi connectivity index (χ2v) is 5.97. The molecule has 1 unspecified atom stereocenters. The monoisotopic (exact) mass is 369 g/mol. The van der Waals surface area contributed by atoms with Crippen LogP contribution in [0.2, 0.25) is 5.02 Å². The van der Waals surface area contributed by atoms with Crippen LogP contribution < -0.4 is 10.1 Å². The van der Waals surface area contributed by atoms with Gasteiger partial charge >= 0.3 is 0 Å². The van der Waals surface area contributed by atoms with Gasteiger partial charge in [0.2, 0.25) is 0 Å². The van der Waals surface area contributed by atoms with Gasteiger partial charge in [0.1, 0.15) is 12.4 Å². The van der Waals surface area contributed by atoms with Crippen LogP contribution in [0.4, 0.5) is 0 Å². The van der Waals surface area contributed by atoms with Crippen molar-refractivity contribution in [3.8, 4) is 5.75 Å². The van der Waals surface area contributed by atoms with E-state index in [9.17, 15) is 5.11 Å². The van der Waals surface area contributed by atoms with E-state index in [1.165, 1.54) is 0 Å². The molecule has 0 amide bonds. The lowest BCUT2D eigenvalue weighted by molar-refractivity contribution is 0.242. The predicted octanol–water partition coefficient (Wildman–Crippen LogP) is 3.93. The van der Waals surface area contributed by atoms with Crippen LogP contribution in [0.3, 0.4) is 0 Å². The third-order valence-corrected chi connectivity index (χ3v) is 3.93. The highest BCUT2D eigenvalue weighted by molar-refractivity contribution is 9.10. The maximum absolute atomic E-state index is 9.46. The minimum atomic E-state index is -0.164. The molecular formula is C16H17BrClNO2. The van der Waals surface area contributed by atoms with Crippen molar-refractivity contribution in [2.45, 2.75) is 12.6 Å². The van der Waals surface area contributed by atoms with E-state index in [1.807, 2.05) is 49.5 Å². The van der Waals surface area contributed by atoms with Crippen LogP contribution in [0.5, 0.6) is 5.75 Å². The highest BCUT2D eigenvalue weighted by atomic mass is 79.9. The van der Waals surface area contributed by atoms with Crippen molar-refractivity contribution in [2.75, 3.05) is 13.7 Å². The molecule has 0 aliphatic rings. The van der Waals surface area contributed by atoms with E-state index in [1.54, 1.807) is 0 Å². The lowest BCUT2D eigenvalue weighted by Gasteiger charge is -2.18. The normalized spacial score (nSPS) is 12.2. The fourth-order valence-corrected chi connectivity index (χ4v) is 2.51. The number of hydrogen-bond acceptors (Lipinski definition) is 3. The van der Waals surface area contributed by atoms with Crippen LogP contribution in [-0.2, 0) is 6.61 Å². The summed E-state index contributed by atoms with van der Waals surface area (Å²) in [4.78, 5) is 0. The van der Waals surface area contributed by atoms with Gasteiger partial charge in [-0.2, -0.15) is 0 Å². The third-order valence-electron chi connectivity index (χ3n) is 3.19. The smallest absolute Gasteiger partial charge is 0.124 e. The largest absolute Gasteiger partial charge is 0.489 e. The molecule has 0 heterocycles. The average molecular weight is 371 g/mol. The molecule has 2 N–H and O–H groups in total. The number of benzene rings is 2. The lowest BCUT2D eigenvalue weighted by Crippen LogP contribution is -2.20. The molecule has 0 bridgehead atoms. The summed E-state index contributed by atoms with van der Waals surface area (Å²) in [6.45, 7) is 0.456. The number of halogens is 2. The molecule has 2 aromatic carbocycles. The second-order valence-electron chi connectivity index (χ2n) is 4.62. The number of aliphatic hydroxyl groups is 1. The Bertz CT molecular complexity index is 585. The van der Waals surface area contributed by atoms with Gasteiger partial charge in [0.05, 0.1) is 12.6 Å². The molecule has 0 aliphatic carbocycles. The number of aliphatic hydroxyl groups excluding tert-OH is 1. The Kier molecular flexibility index (Phi) is 6.06. The van der Waals surface area contributed by atoms with Crippen LogP contribution >= 0.6 is 27.5 Å². The summed E-state index contributed by atoms with van der Waals surface area (Å²) in [5.41, 5.74) is 1.96. The summed E-state index contributed by atoms with van der Waals surface area (Å²) < 4.78 is 6.84. The summed E-state index contributed by atoms with van der Waals surface area (Å²) in [5, 5.41) is 13.2. The molecule has 0 saturated heterocycles. The molecule has 0 aromatic heterocycles. The third kappa shape index (κ3) is 4.45. The SMILES string of the molecule is CNC(CO)c1cc(Br)ccc1OCc1ccc(Cl)cc1. The Balaban J connectivity index is 2.17. The summed E-state index contributed by atoms with van der Waals surface area (Å²) in [7, 11) is 1.81. The van der Waals surface area contributed by atoms with Gasteiger partial charge in [-0.3, -0.25) is 0 Å². The second kappa shape index (κ2) is 7.80. The molecule has 5 heteroatoms. The highest BCUT2D eigenvalue weighted by Crippen LogP contribution is 2.29. The first-order valence-corrected chi connectivity index (χ1v) is 7.76. The van der Waals surface area contributed by atoms with Crippen LogP contribution in [0, 0.1) is 0 Å². The molecule has 3 nitrogen and oxygen atoms in total. The molecule has 112 valence electrons. The number of likely N-dealkylation sites (N-methyl/N-ethyl adjacent to an activating group) is 1. The Hall–Kier alpha value is -1.07. The van der Waals surface area contributed by atoms with E-state index in [0.717, 1.165) is 21.3 Å². The van der Waals surface area contributed by atoms with Gasteiger partial charge in [0, 0.05) is 15.1 Å². The maximum Gasteiger partial charge on any atom is 0.124 e. The number of hydrogen-bond donors (Lipinski definition) is 2. The van der Waals surface area contributed by atoms with E-state index in [4.69, 9.17) is 16.3 Å². The molecule has 1 atom stereocenters. The molecular weight excluding hydrogens is 354 g/mol. The van der Waals surface area contributed by atoms with Gasteiger partial charge in [-0.15, -0.1) is 0 Å². The summed E-state index contributed by atoms with van der Waals surface area (Å²) in [5.74, 6) is 0.751. The van der Waals surface area contributed by atoms with Gasteiger partial charge in [0.25, 0.3) is 0 Å². The quantitative estimate of drug-likeness (QED) is 0.809. The van der Waals surface area contributed by atoms with Crippen molar-refractivity contribution in [2.24, 2.45) is 0 Å². The van der Waals surface area contributed by atoms with E-state index in [-0.39, 0.29) is 12.6 Å². The Morgan fingerprint density at radius 1 is 1.24 bits per heavy atom. The van der Waals surface area contributed by atoms with Crippen molar-refractivity contribution < 1.29 is 9.84 Å². The van der Waals surface area contributed by atoms with Crippen molar-refractivity contribution in [3.05, 3.63) is 63.1 Å². The zero-order chi connectivity index (χ0) is 15.2. The molecule has 0 spiro atoms. The van der Waals surface area contributed by atoms with Crippen molar-refractivity contribution in [3.63, 3.8) is 0 Å². The van der Waals surface area contributed by atoms with Crippen molar-refractivity contribution in [1.29, 1.82) is 0 Å². The van der Waals surface area contributed by atoms with Gasteiger partial charge in [-0.25, -0.2) is 0 Å². The first-order chi connectivity index (χ1) is 10.1. The van der Waals surface area contributed by atoms with Gasteiger partial charge in [-0.1, -0.05) is 39.7 Å². The Labute approximate surface area is 138 Å². The fourth-order valence-electron chi connectivity index (χ4n) is 2.01. The number of nitrogens with one attached hydrogen (secondary N) is 1. The van der Waals surface area contributed by atoms with E-state index in [0.29, 0.717) is 11.6 Å². The molecule has 2 rings (SSSR count). The first-order valence-electron chi connectivity index (χ1n) is 6.59. The first kappa shape index (κ1) is 16.3. The predicted molar refractivity (Wildman–Crippen MR) is 88.8 cm³/mol. The lowest BCUT2D eigenvalue weighted by atomic mass is 10.1. The Morgan fingerprint density at radius 2 is 1.95 bits per heavy atom. The van der Waals surface area contributed by atoms with E-state index < -0.39 is 0 Å². The summed E-state index contributed by atoms with van der Waals surface area (Å²) >= 11 is 9.32. The topological polar surface area (TPSA) is 41.5 Å².